The van der Waals surface area contributed by atoms with Crippen LogP contribution < -0.4 is 20.1 Å². The summed E-state index contributed by atoms with van der Waals surface area (Å²) in [5.74, 6) is -0.622. The Hall–Kier alpha value is -3.55. The number of para-hydroxylation sites is 1. The quantitative estimate of drug-likeness (QED) is 0.751. The molecule has 8 heteroatoms. The summed E-state index contributed by atoms with van der Waals surface area (Å²) in [5, 5.41) is 5.07. The van der Waals surface area contributed by atoms with E-state index >= 15 is 0 Å². The highest BCUT2D eigenvalue weighted by molar-refractivity contribution is 5.97. The minimum Gasteiger partial charge on any atom is -0.454 e. The number of anilines is 1. The van der Waals surface area contributed by atoms with Crippen LogP contribution in [-0.2, 0) is 14.3 Å². The van der Waals surface area contributed by atoms with Gasteiger partial charge in [0.25, 0.3) is 11.8 Å². The van der Waals surface area contributed by atoms with E-state index in [0.717, 1.165) is 0 Å². The van der Waals surface area contributed by atoms with E-state index in [1.54, 1.807) is 36.4 Å². The number of nitrogens with one attached hydrogen (secondary N) is 2. The second kappa shape index (κ2) is 8.22. The molecule has 1 heterocycles. The molecule has 3 rings (SSSR count). The van der Waals surface area contributed by atoms with Crippen molar-refractivity contribution in [1.82, 2.24) is 5.32 Å². The van der Waals surface area contributed by atoms with Gasteiger partial charge in [-0.25, -0.2) is 0 Å². The molecule has 27 heavy (non-hydrogen) atoms. The number of esters is 1. The number of carbonyl (C=O) groups excluding carboxylic acids is 3. The van der Waals surface area contributed by atoms with E-state index in [2.05, 4.69) is 10.6 Å². The van der Waals surface area contributed by atoms with Crippen molar-refractivity contribution in [3.63, 3.8) is 0 Å². The van der Waals surface area contributed by atoms with E-state index in [-0.39, 0.29) is 13.3 Å². The molecule has 2 N–H and O–H groups in total. The first-order chi connectivity index (χ1) is 13.0. The van der Waals surface area contributed by atoms with Gasteiger partial charge in [0, 0.05) is 11.3 Å². The molecule has 8 nitrogen and oxygen atoms in total. The van der Waals surface area contributed by atoms with Gasteiger partial charge in [-0.1, -0.05) is 18.2 Å². The van der Waals surface area contributed by atoms with Crippen molar-refractivity contribution in [1.29, 1.82) is 0 Å². The third kappa shape index (κ3) is 4.75. The summed E-state index contributed by atoms with van der Waals surface area (Å²) in [6, 6.07) is 13.5. The summed E-state index contributed by atoms with van der Waals surface area (Å²) in [6.45, 7) is 1.20. The standard InChI is InChI=1S/C19H18N2O6/c1-12(18(23)21-14-5-3-2-4-6-14)27-17(22)10-20-19(24)13-7-8-15-16(9-13)26-11-25-15/h2-9,12H,10-11H2,1H3,(H,20,24)(H,21,23)/t12-/m0/s1. The van der Waals surface area contributed by atoms with Crippen molar-refractivity contribution >= 4 is 23.5 Å². The summed E-state index contributed by atoms with van der Waals surface area (Å²) >= 11 is 0. The Morgan fingerprint density at radius 2 is 1.81 bits per heavy atom. The zero-order chi connectivity index (χ0) is 19.2. The average Bonchev–Trinajstić information content (AvgIpc) is 3.14. The highest BCUT2D eigenvalue weighted by Gasteiger charge is 2.20. The third-order valence-corrected chi connectivity index (χ3v) is 3.75. The lowest BCUT2D eigenvalue weighted by Crippen LogP contribution is -2.35. The Morgan fingerprint density at radius 3 is 2.59 bits per heavy atom. The van der Waals surface area contributed by atoms with E-state index in [1.807, 2.05) is 6.07 Å². The van der Waals surface area contributed by atoms with Crippen molar-refractivity contribution in [3.05, 3.63) is 54.1 Å². The van der Waals surface area contributed by atoms with Crippen molar-refractivity contribution in [2.24, 2.45) is 0 Å². The fraction of sp³-hybridized carbons (Fsp3) is 0.211. The maximum absolute atomic E-state index is 12.1. The molecule has 0 radical (unpaired) electrons. The molecule has 1 aliphatic heterocycles. The Bertz CT molecular complexity index is 853. The molecule has 1 aliphatic rings. The summed E-state index contributed by atoms with van der Waals surface area (Å²) < 4.78 is 15.4. The van der Waals surface area contributed by atoms with E-state index in [9.17, 15) is 14.4 Å². The first-order valence-electron chi connectivity index (χ1n) is 8.26. The van der Waals surface area contributed by atoms with Crippen LogP contribution in [0.2, 0.25) is 0 Å². The minimum absolute atomic E-state index is 0.107. The predicted octanol–water partition coefficient (Wildman–Crippen LogP) is 1.72. The zero-order valence-electron chi connectivity index (χ0n) is 14.6. The molecule has 0 spiro atoms. The van der Waals surface area contributed by atoms with Crippen LogP contribution in [0.1, 0.15) is 17.3 Å². The molecular formula is C19H18N2O6. The molecular weight excluding hydrogens is 352 g/mol. The van der Waals surface area contributed by atoms with Crippen molar-refractivity contribution in [3.8, 4) is 11.5 Å². The van der Waals surface area contributed by atoms with Gasteiger partial charge in [0.1, 0.15) is 6.54 Å². The number of hydrogen-bond acceptors (Lipinski definition) is 6. The summed E-state index contributed by atoms with van der Waals surface area (Å²) in [4.78, 5) is 36.0. The van der Waals surface area contributed by atoms with Crippen LogP contribution >= 0.6 is 0 Å². The normalized spacial score (nSPS) is 12.8. The van der Waals surface area contributed by atoms with Crippen molar-refractivity contribution < 1.29 is 28.6 Å². The van der Waals surface area contributed by atoms with Crippen LogP contribution in [0, 0.1) is 0 Å². The lowest BCUT2D eigenvalue weighted by atomic mass is 10.2. The van der Waals surface area contributed by atoms with Crippen LogP contribution in [0.5, 0.6) is 11.5 Å². The third-order valence-electron chi connectivity index (χ3n) is 3.75. The fourth-order valence-corrected chi connectivity index (χ4v) is 2.35. The Labute approximate surface area is 155 Å². The number of rotatable bonds is 6. The van der Waals surface area contributed by atoms with Gasteiger partial charge in [0.2, 0.25) is 6.79 Å². The van der Waals surface area contributed by atoms with Gasteiger partial charge in [0.15, 0.2) is 17.6 Å². The molecule has 2 amide bonds. The van der Waals surface area contributed by atoms with Crippen LogP contribution in [0.3, 0.4) is 0 Å². The first-order valence-corrected chi connectivity index (χ1v) is 8.26. The van der Waals surface area contributed by atoms with Gasteiger partial charge in [0.05, 0.1) is 0 Å². The number of amides is 2. The second-order valence-electron chi connectivity index (χ2n) is 5.74. The van der Waals surface area contributed by atoms with Crippen LogP contribution in [-0.4, -0.2) is 37.2 Å². The van der Waals surface area contributed by atoms with Gasteiger partial charge < -0.3 is 24.8 Å². The van der Waals surface area contributed by atoms with E-state index in [1.165, 1.54) is 13.0 Å². The van der Waals surface area contributed by atoms with Gasteiger partial charge >= 0.3 is 5.97 Å². The second-order valence-corrected chi connectivity index (χ2v) is 5.74. The van der Waals surface area contributed by atoms with Gasteiger partial charge in [-0.05, 0) is 37.3 Å². The van der Waals surface area contributed by atoms with Crippen LogP contribution in [0.15, 0.2) is 48.5 Å². The Morgan fingerprint density at radius 1 is 1.07 bits per heavy atom. The topological polar surface area (TPSA) is 103 Å². The molecule has 140 valence electrons. The SMILES string of the molecule is C[C@H](OC(=O)CNC(=O)c1ccc2c(c1)OCO2)C(=O)Nc1ccccc1. The summed E-state index contributed by atoms with van der Waals surface area (Å²) in [5.41, 5.74) is 0.920. The molecule has 0 saturated heterocycles. The molecule has 2 aromatic carbocycles. The lowest BCUT2D eigenvalue weighted by Gasteiger charge is -2.14. The average molecular weight is 370 g/mol. The van der Waals surface area contributed by atoms with E-state index in [4.69, 9.17) is 14.2 Å². The van der Waals surface area contributed by atoms with Gasteiger partial charge in [-0.2, -0.15) is 0 Å². The predicted molar refractivity (Wildman–Crippen MR) is 95.5 cm³/mol. The summed E-state index contributed by atoms with van der Waals surface area (Å²) in [6.07, 6.45) is -1.000. The highest BCUT2D eigenvalue weighted by atomic mass is 16.7. The smallest absolute Gasteiger partial charge is 0.326 e. The van der Waals surface area contributed by atoms with Gasteiger partial charge in [-0.15, -0.1) is 0 Å². The van der Waals surface area contributed by atoms with Gasteiger partial charge in [-0.3, -0.25) is 14.4 Å². The van der Waals surface area contributed by atoms with E-state index in [0.29, 0.717) is 22.7 Å². The highest BCUT2D eigenvalue weighted by Crippen LogP contribution is 2.32. The number of hydrogen-bond donors (Lipinski definition) is 2. The zero-order valence-corrected chi connectivity index (χ0v) is 14.6. The largest absolute Gasteiger partial charge is 0.454 e. The Balaban J connectivity index is 1.46. The maximum Gasteiger partial charge on any atom is 0.326 e. The molecule has 0 saturated carbocycles. The molecule has 0 aliphatic carbocycles. The number of benzene rings is 2. The Kier molecular flexibility index (Phi) is 5.55. The maximum atomic E-state index is 12.1. The van der Waals surface area contributed by atoms with Crippen molar-refractivity contribution in [2.45, 2.75) is 13.0 Å². The van der Waals surface area contributed by atoms with E-state index < -0.39 is 23.9 Å². The molecule has 0 bridgehead atoms. The van der Waals surface area contributed by atoms with Crippen LogP contribution in [0.4, 0.5) is 5.69 Å². The number of carbonyl (C=O) groups is 3. The fourth-order valence-electron chi connectivity index (χ4n) is 2.35. The molecule has 0 unspecified atom stereocenters. The lowest BCUT2D eigenvalue weighted by molar-refractivity contribution is -0.152. The molecule has 0 fully saturated rings. The van der Waals surface area contributed by atoms with Crippen LogP contribution in [0.25, 0.3) is 0 Å². The minimum atomic E-state index is -1.000. The first kappa shape index (κ1) is 18.2. The van der Waals surface area contributed by atoms with Crippen molar-refractivity contribution in [2.75, 3.05) is 18.7 Å². The monoisotopic (exact) mass is 370 g/mol. The molecule has 2 aromatic rings. The number of ether oxygens (including phenoxy) is 3. The number of fused-ring (bicyclic) bond motifs is 1. The molecule has 0 aromatic heterocycles. The molecule has 1 atom stereocenters. The summed E-state index contributed by atoms with van der Waals surface area (Å²) in [7, 11) is 0.